The minimum Gasteiger partial charge on any atom is -0.483 e. The van der Waals surface area contributed by atoms with Gasteiger partial charge in [-0.1, -0.05) is 29.3 Å². The first-order valence-electron chi connectivity index (χ1n) is 6.87. The van der Waals surface area contributed by atoms with E-state index < -0.39 is 0 Å². The first-order chi connectivity index (χ1) is 10.1. The third-order valence-corrected chi connectivity index (χ3v) is 4.43. The van der Waals surface area contributed by atoms with Gasteiger partial charge in [0.2, 0.25) is 5.91 Å². The van der Waals surface area contributed by atoms with Crippen LogP contribution in [0.25, 0.3) is 5.70 Å². The van der Waals surface area contributed by atoms with Gasteiger partial charge in [0.1, 0.15) is 11.7 Å². The Bertz CT molecular complexity index is 565. The molecule has 0 saturated heterocycles. The Morgan fingerprint density at radius 3 is 2.82 bits per heavy atom. The van der Waals surface area contributed by atoms with Crippen molar-refractivity contribution in [1.29, 1.82) is 0 Å². The predicted octanol–water partition coefficient (Wildman–Crippen LogP) is 3.85. The van der Waals surface area contributed by atoms with Gasteiger partial charge in [0.05, 0.1) is 4.83 Å². The van der Waals surface area contributed by atoms with Gasteiger partial charge >= 0.3 is 0 Å². The number of ether oxygens (including phenoxy) is 1. The quantitative estimate of drug-likeness (QED) is 0.382. The van der Waals surface area contributed by atoms with Crippen molar-refractivity contribution in [2.24, 2.45) is 0 Å². The molecule has 1 amide bonds. The molecule has 0 fully saturated rings. The smallest absolute Gasteiger partial charge is 0.236 e. The maximum absolute atomic E-state index is 12.3. The van der Waals surface area contributed by atoms with E-state index in [4.69, 9.17) is 4.74 Å². The average Bonchev–Trinajstić information content (AvgIpc) is 2.48. The largest absolute Gasteiger partial charge is 0.483 e. The summed E-state index contributed by atoms with van der Waals surface area (Å²) in [5, 5.41) is 0. The van der Waals surface area contributed by atoms with Gasteiger partial charge in [0, 0.05) is 39.3 Å². The summed E-state index contributed by atoms with van der Waals surface area (Å²) in [6.07, 6.45) is 5.96. The number of amides is 1. The SMILES string of the molecule is CCN1C(=O)C(Br)C[C-]=C1c1ccc(OCSC)cc1C.[Y]. The van der Waals surface area contributed by atoms with Crippen LogP contribution in [-0.4, -0.2) is 34.4 Å². The zero-order valence-corrected chi connectivity index (χ0v) is 18.3. The zero-order chi connectivity index (χ0) is 15.4. The van der Waals surface area contributed by atoms with E-state index in [0.29, 0.717) is 18.9 Å². The van der Waals surface area contributed by atoms with Crippen LogP contribution < -0.4 is 4.74 Å². The summed E-state index contributed by atoms with van der Waals surface area (Å²) >= 11 is 5.05. The Labute approximate surface area is 170 Å². The molecule has 1 heterocycles. The Kier molecular flexibility index (Phi) is 8.69. The van der Waals surface area contributed by atoms with E-state index in [1.54, 1.807) is 16.7 Å². The second kappa shape index (κ2) is 9.46. The molecular weight excluding hydrogens is 439 g/mol. The number of allylic oxidation sites excluding steroid dienone is 1. The van der Waals surface area contributed by atoms with E-state index >= 15 is 0 Å². The Hall–Kier alpha value is 0.164. The molecule has 0 N–H and O–H groups in total. The van der Waals surface area contributed by atoms with Crippen LogP contribution in [0.15, 0.2) is 18.2 Å². The van der Waals surface area contributed by atoms with Gasteiger partial charge in [-0.2, -0.15) is 0 Å². The van der Waals surface area contributed by atoms with Crippen LogP contribution in [0.3, 0.4) is 0 Å². The molecule has 1 aromatic rings. The van der Waals surface area contributed by atoms with E-state index in [9.17, 15) is 4.79 Å². The molecule has 1 aliphatic rings. The number of alkyl halides is 1. The third-order valence-electron chi connectivity index (χ3n) is 3.37. The summed E-state index contributed by atoms with van der Waals surface area (Å²) < 4.78 is 5.61. The van der Waals surface area contributed by atoms with E-state index in [1.807, 2.05) is 38.3 Å². The molecule has 1 radical (unpaired) electrons. The number of thioether (sulfide) groups is 1. The molecular formula is C16H19BrNO2SY-. The van der Waals surface area contributed by atoms with Crippen LogP contribution in [-0.2, 0) is 37.5 Å². The normalized spacial score (nSPS) is 17.8. The first-order valence-corrected chi connectivity index (χ1v) is 9.18. The molecule has 0 aromatic heterocycles. The van der Waals surface area contributed by atoms with E-state index in [0.717, 1.165) is 22.6 Å². The monoisotopic (exact) mass is 457 g/mol. The second-order valence-electron chi connectivity index (χ2n) is 4.81. The van der Waals surface area contributed by atoms with Crippen molar-refractivity contribution in [3.8, 4) is 5.75 Å². The number of nitrogens with zero attached hydrogens (tertiary/aromatic N) is 1. The Balaban J connectivity index is 0.00000242. The standard InChI is InChI=1S/C16H19BrNO2S.Y/c1-4-18-15(8-7-14(17)16(18)19)13-6-5-12(9-11(13)2)20-10-21-3;/h5-6,9,14H,4,7,10H2,1-3H3;/q-1;. The fourth-order valence-electron chi connectivity index (χ4n) is 2.32. The van der Waals surface area contributed by atoms with Crippen molar-refractivity contribution in [3.05, 3.63) is 35.4 Å². The fourth-order valence-corrected chi connectivity index (χ4v) is 2.98. The number of aryl methyl sites for hydroxylation is 1. The van der Waals surface area contributed by atoms with Crippen LogP contribution in [0, 0.1) is 13.0 Å². The van der Waals surface area contributed by atoms with E-state index in [2.05, 4.69) is 22.0 Å². The Morgan fingerprint density at radius 2 is 2.23 bits per heavy atom. The summed E-state index contributed by atoms with van der Waals surface area (Å²) in [6, 6.07) is 5.97. The Morgan fingerprint density at radius 1 is 1.50 bits per heavy atom. The fraction of sp³-hybridized carbons (Fsp3) is 0.438. The van der Waals surface area contributed by atoms with Gasteiger partial charge in [0.25, 0.3) is 0 Å². The van der Waals surface area contributed by atoms with Crippen LogP contribution >= 0.6 is 27.7 Å². The molecule has 0 saturated carbocycles. The van der Waals surface area contributed by atoms with Gasteiger partial charge in [-0.05, 0) is 25.3 Å². The van der Waals surface area contributed by atoms with Crippen LogP contribution in [0.4, 0.5) is 0 Å². The number of hydrogen-bond acceptors (Lipinski definition) is 3. The van der Waals surface area contributed by atoms with Crippen LogP contribution in [0.2, 0.25) is 0 Å². The van der Waals surface area contributed by atoms with Crippen molar-refractivity contribution in [3.63, 3.8) is 0 Å². The molecule has 2 rings (SSSR count). The molecule has 6 heteroatoms. The molecule has 1 aliphatic heterocycles. The van der Waals surface area contributed by atoms with Gasteiger partial charge in [-0.15, -0.1) is 34.7 Å². The van der Waals surface area contributed by atoms with Gasteiger partial charge < -0.3 is 9.64 Å². The number of halogens is 1. The third kappa shape index (κ3) is 4.59. The van der Waals surface area contributed by atoms with Crippen LogP contribution in [0.5, 0.6) is 5.75 Å². The average molecular weight is 458 g/mol. The van der Waals surface area contributed by atoms with Crippen molar-refractivity contribution >= 4 is 39.3 Å². The number of rotatable bonds is 5. The minimum absolute atomic E-state index is 0. The van der Waals surface area contributed by atoms with Gasteiger partial charge in [-0.3, -0.25) is 4.79 Å². The maximum Gasteiger partial charge on any atom is 0.236 e. The predicted molar refractivity (Wildman–Crippen MR) is 91.6 cm³/mol. The molecule has 1 atom stereocenters. The summed E-state index contributed by atoms with van der Waals surface area (Å²) in [5.74, 6) is 1.60. The molecule has 22 heavy (non-hydrogen) atoms. The van der Waals surface area contributed by atoms with Crippen molar-refractivity contribution < 1.29 is 42.2 Å². The summed E-state index contributed by atoms with van der Waals surface area (Å²) in [6.45, 7) is 4.66. The molecule has 1 aromatic carbocycles. The van der Waals surface area contributed by atoms with Crippen LogP contribution in [0.1, 0.15) is 24.5 Å². The number of carbonyl (C=O) groups is 1. The molecule has 0 bridgehead atoms. The summed E-state index contributed by atoms with van der Waals surface area (Å²) in [4.78, 5) is 13.9. The zero-order valence-electron chi connectivity index (χ0n) is 13.1. The second-order valence-corrected chi connectivity index (χ2v) is 6.73. The molecule has 3 nitrogen and oxygen atoms in total. The number of benzene rings is 1. The number of carbonyl (C=O) groups excluding carboxylic acids is 1. The maximum atomic E-state index is 12.3. The van der Waals surface area contributed by atoms with Gasteiger partial charge in [-0.25, -0.2) is 6.08 Å². The first kappa shape index (κ1) is 20.2. The molecule has 0 aliphatic carbocycles. The van der Waals surface area contributed by atoms with Crippen molar-refractivity contribution in [2.75, 3.05) is 18.7 Å². The summed E-state index contributed by atoms with van der Waals surface area (Å²) in [7, 11) is 0. The summed E-state index contributed by atoms with van der Waals surface area (Å²) in [5.41, 5.74) is 3.02. The van der Waals surface area contributed by atoms with Crippen molar-refractivity contribution in [1.82, 2.24) is 4.90 Å². The van der Waals surface area contributed by atoms with Gasteiger partial charge in [0.15, 0.2) is 0 Å². The minimum atomic E-state index is -0.161. The topological polar surface area (TPSA) is 29.5 Å². The van der Waals surface area contributed by atoms with Crippen molar-refractivity contribution in [2.45, 2.75) is 25.1 Å². The molecule has 117 valence electrons. The molecule has 0 spiro atoms. The van der Waals surface area contributed by atoms with E-state index in [-0.39, 0.29) is 43.4 Å². The van der Waals surface area contributed by atoms with E-state index in [1.165, 1.54) is 0 Å². The number of hydrogen-bond donors (Lipinski definition) is 0. The molecule has 1 unspecified atom stereocenters.